The van der Waals surface area contributed by atoms with Gasteiger partial charge in [-0.25, -0.2) is 15.2 Å². The summed E-state index contributed by atoms with van der Waals surface area (Å²) in [6.07, 6.45) is 1.99. The molecule has 112 valence electrons. The lowest BCUT2D eigenvalue weighted by molar-refractivity contribution is 0.0921. The highest BCUT2D eigenvalue weighted by atomic mass is 19.1. The number of carbonyl (C=O) groups is 1. The number of amides is 1. The summed E-state index contributed by atoms with van der Waals surface area (Å²) in [5.41, 5.74) is 2.01. The first-order valence-electron chi connectivity index (χ1n) is 6.53. The van der Waals surface area contributed by atoms with Crippen LogP contribution in [0.3, 0.4) is 0 Å². The maximum absolute atomic E-state index is 13.8. The Morgan fingerprint density at radius 3 is 2.95 bits per heavy atom. The molecule has 1 rings (SSSR count). The van der Waals surface area contributed by atoms with E-state index in [0.717, 1.165) is 0 Å². The van der Waals surface area contributed by atoms with Crippen molar-refractivity contribution < 1.29 is 13.9 Å². The number of halogens is 1. The third kappa shape index (κ3) is 5.10. The van der Waals surface area contributed by atoms with Crippen LogP contribution in [0.1, 0.15) is 30.6 Å². The molecule has 1 aromatic heterocycles. The number of carbonyl (C=O) groups excluding carboxylic acids is 1. The number of anilines is 1. The zero-order chi connectivity index (χ0) is 15.0. The highest BCUT2D eigenvalue weighted by Crippen LogP contribution is 2.13. The van der Waals surface area contributed by atoms with Gasteiger partial charge < -0.3 is 15.5 Å². The smallest absolute Gasteiger partial charge is 0.254 e. The quantitative estimate of drug-likeness (QED) is 0.380. The molecule has 0 aromatic carbocycles. The van der Waals surface area contributed by atoms with Gasteiger partial charge in [0, 0.05) is 26.0 Å². The Balaban J connectivity index is 2.36. The number of nitrogen functional groups attached to an aromatic ring is 1. The molecule has 7 heteroatoms. The van der Waals surface area contributed by atoms with E-state index in [4.69, 9.17) is 10.6 Å². The minimum atomic E-state index is -0.761. The largest absolute Gasteiger partial charge is 0.381 e. The molecule has 0 saturated carbocycles. The average Bonchev–Trinajstić information content (AvgIpc) is 2.42. The molecule has 20 heavy (non-hydrogen) atoms. The number of ether oxygens (including phenoxy) is 1. The number of rotatable bonds is 8. The topological polar surface area (TPSA) is 89.3 Å². The molecule has 4 N–H and O–H groups in total. The van der Waals surface area contributed by atoms with Crippen LogP contribution in [0.15, 0.2) is 12.3 Å². The lowest BCUT2D eigenvalue weighted by Gasteiger charge is -2.09. The molecule has 0 unspecified atom stereocenters. The van der Waals surface area contributed by atoms with Crippen LogP contribution in [0.2, 0.25) is 0 Å². The molecule has 0 fully saturated rings. The summed E-state index contributed by atoms with van der Waals surface area (Å²) in [5, 5.41) is 2.62. The second-order valence-electron chi connectivity index (χ2n) is 4.74. The molecular formula is C13H21FN4O2. The van der Waals surface area contributed by atoms with Gasteiger partial charge in [0.05, 0.1) is 5.56 Å². The van der Waals surface area contributed by atoms with Crippen molar-refractivity contribution in [1.29, 1.82) is 0 Å². The van der Waals surface area contributed by atoms with Crippen molar-refractivity contribution in [2.75, 3.05) is 25.2 Å². The third-order valence-electron chi connectivity index (χ3n) is 2.47. The summed E-state index contributed by atoms with van der Waals surface area (Å²) in [4.78, 5) is 15.5. The Hall–Kier alpha value is -1.73. The summed E-state index contributed by atoms with van der Waals surface area (Å²) < 4.78 is 19.1. The fourth-order valence-electron chi connectivity index (χ4n) is 1.51. The number of nitrogens with two attached hydrogens (primary N) is 1. The lowest BCUT2D eigenvalue weighted by atomic mass is 10.2. The number of hydrogen-bond donors (Lipinski definition) is 3. The number of hydrogen-bond acceptors (Lipinski definition) is 5. The van der Waals surface area contributed by atoms with E-state index < -0.39 is 11.7 Å². The Morgan fingerprint density at radius 1 is 1.55 bits per heavy atom. The van der Waals surface area contributed by atoms with E-state index in [2.05, 4.69) is 29.6 Å². The molecule has 0 saturated heterocycles. The van der Waals surface area contributed by atoms with Crippen molar-refractivity contribution in [1.82, 2.24) is 10.3 Å². The fraction of sp³-hybridized carbons (Fsp3) is 0.538. The van der Waals surface area contributed by atoms with Gasteiger partial charge in [-0.1, -0.05) is 13.8 Å². The van der Waals surface area contributed by atoms with E-state index in [1.807, 2.05) is 0 Å². The van der Waals surface area contributed by atoms with Gasteiger partial charge in [-0.05, 0) is 18.4 Å². The van der Waals surface area contributed by atoms with Crippen LogP contribution in [0, 0.1) is 11.7 Å². The molecule has 1 heterocycles. The summed E-state index contributed by atoms with van der Waals surface area (Å²) in [6, 6.07) is 1.31. The SMILES string of the molecule is CC(C)COCCCNC(=O)c1ccnc(NN)c1F. The first-order chi connectivity index (χ1) is 9.56. The monoisotopic (exact) mass is 284 g/mol. The van der Waals surface area contributed by atoms with Gasteiger partial charge in [0.25, 0.3) is 5.91 Å². The predicted molar refractivity (Wildman–Crippen MR) is 74.6 cm³/mol. The maximum atomic E-state index is 13.8. The number of hydrazine groups is 1. The summed E-state index contributed by atoms with van der Waals surface area (Å²) >= 11 is 0. The van der Waals surface area contributed by atoms with Crippen molar-refractivity contribution in [2.45, 2.75) is 20.3 Å². The lowest BCUT2D eigenvalue weighted by Crippen LogP contribution is -2.27. The van der Waals surface area contributed by atoms with E-state index in [-0.39, 0.29) is 11.4 Å². The Morgan fingerprint density at radius 2 is 2.30 bits per heavy atom. The van der Waals surface area contributed by atoms with Crippen LogP contribution < -0.4 is 16.6 Å². The van der Waals surface area contributed by atoms with Crippen LogP contribution in [0.25, 0.3) is 0 Å². The van der Waals surface area contributed by atoms with Crippen molar-refractivity contribution in [2.24, 2.45) is 11.8 Å². The minimum absolute atomic E-state index is 0.0870. The Bertz CT molecular complexity index is 440. The Kier molecular flexibility index (Phi) is 6.89. The second kappa shape index (κ2) is 8.44. The molecule has 0 radical (unpaired) electrons. The molecule has 1 amide bonds. The second-order valence-corrected chi connectivity index (χ2v) is 4.74. The summed E-state index contributed by atoms with van der Waals surface area (Å²) in [5.74, 6) is 4.17. The van der Waals surface area contributed by atoms with Gasteiger partial charge in [-0.2, -0.15) is 0 Å². The van der Waals surface area contributed by atoms with Gasteiger partial charge in [-0.3, -0.25) is 4.79 Å². The number of nitrogens with zero attached hydrogens (tertiary/aromatic N) is 1. The van der Waals surface area contributed by atoms with Crippen LogP contribution in [0.5, 0.6) is 0 Å². The Labute approximate surface area is 117 Å². The maximum Gasteiger partial charge on any atom is 0.254 e. The van der Waals surface area contributed by atoms with E-state index in [1.54, 1.807) is 0 Å². The molecule has 0 aliphatic rings. The van der Waals surface area contributed by atoms with E-state index >= 15 is 0 Å². The van der Waals surface area contributed by atoms with Crippen molar-refractivity contribution in [3.63, 3.8) is 0 Å². The average molecular weight is 284 g/mol. The normalized spacial score (nSPS) is 10.7. The van der Waals surface area contributed by atoms with Crippen molar-refractivity contribution in [3.05, 3.63) is 23.6 Å². The van der Waals surface area contributed by atoms with Crippen molar-refractivity contribution in [3.8, 4) is 0 Å². The van der Waals surface area contributed by atoms with Crippen molar-refractivity contribution >= 4 is 11.7 Å². The number of aromatic nitrogens is 1. The molecule has 1 aromatic rings. The highest BCUT2D eigenvalue weighted by Gasteiger charge is 2.14. The summed E-state index contributed by atoms with van der Waals surface area (Å²) in [7, 11) is 0. The first-order valence-corrected chi connectivity index (χ1v) is 6.53. The molecular weight excluding hydrogens is 263 g/mol. The van der Waals surface area contributed by atoms with E-state index in [9.17, 15) is 9.18 Å². The molecule has 0 aliphatic carbocycles. The van der Waals surface area contributed by atoms with Gasteiger partial charge in [0.1, 0.15) is 0 Å². The summed E-state index contributed by atoms with van der Waals surface area (Å²) in [6.45, 7) is 5.81. The van der Waals surface area contributed by atoms with Gasteiger partial charge >= 0.3 is 0 Å². The standard InChI is InChI=1S/C13H21FN4O2/c1-9(2)8-20-7-3-5-17-13(19)10-4-6-16-12(18-15)11(10)14/h4,6,9H,3,5,7-8,15H2,1-2H3,(H,16,18)(H,17,19). The first kappa shape index (κ1) is 16.3. The molecule has 0 aliphatic heterocycles. The predicted octanol–water partition coefficient (Wildman–Crippen LogP) is 1.30. The number of nitrogens with one attached hydrogen (secondary N) is 2. The van der Waals surface area contributed by atoms with E-state index in [1.165, 1.54) is 12.3 Å². The minimum Gasteiger partial charge on any atom is -0.381 e. The molecule has 0 bridgehead atoms. The van der Waals surface area contributed by atoms with Crippen LogP contribution >= 0.6 is 0 Å². The molecule has 0 atom stereocenters. The molecule has 6 nitrogen and oxygen atoms in total. The van der Waals surface area contributed by atoms with Gasteiger partial charge in [0.15, 0.2) is 11.6 Å². The van der Waals surface area contributed by atoms with Crippen LogP contribution in [-0.4, -0.2) is 30.6 Å². The van der Waals surface area contributed by atoms with Crippen LogP contribution in [0.4, 0.5) is 10.2 Å². The highest BCUT2D eigenvalue weighted by molar-refractivity contribution is 5.95. The van der Waals surface area contributed by atoms with Gasteiger partial charge in [-0.15, -0.1) is 0 Å². The van der Waals surface area contributed by atoms with E-state index in [0.29, 0.717) is 32.1 Å². The number of pyridine rings is 1. The fourth-order valence-corrected chi connectivity index (χ4v) is 1.51. The van der Waals surface area contributed by atoms with Crippen LogP contribution in [-0.2, 0) is 4.74 Å². The zero-order valence-electron chi connectivity index (χ0n) is 11.8. The third-order valence-corrected chi connectivity index (χ3v) is 2.47. The molecule has 0 spiro atoms. The van der Waals surface area contributed by atoms with Gasteiger partial charge in [0.2, 0.25) is 0 Å². The zero-order valence-corrected chi connectivity index (χ0v) is 11.8.